The highest BCUT2D eigenvalue weighted by molar-refractivity contribution is 7.91. The van der Waals surface area contributed by atoms with Gasteiger partial charge in [-0.2, -0.15) is 0 Å². The summed E-state index contributed by atoms with van der Waals surface area (Å²) in [5, 5.41) is 3.33. The molecule has 21 heavy (non-hydrogen) atoms. The molecule has 4 nitrogen and oxygen atoms in total. The molecule has 118 valence electrons. The van der Waals surface area contributed by atoms with Crippen molar-refractivity contribution in [2.75, 3.05) is 30.8 Å². The number of hydrogen-bond acceptors (Lipinski definition) is 4. The van der Waals surface area contributed by atoms with Gasteiger partial charge in [-0.15, -0.1) is 0 Å². The first-order valence-electron chi connectivity index (χ1n) is 7.73. The fourth-order valence-electron chi connectivity index (χ4n) is 2.92. The number of benzene rings is 1. The van der Waals surface area contributed by atoms with Gasteiger partial charge in [0.1, 0.15) is 0 Å². The van der Waals surface area contributed by atoms with Crippen LogP contribution < -0.4 is 10.2 Å². The molecule has 1 N–H and O–H groups in total. The number of anilines is 1. The molecule has 1 aliphatic rings. The molecule has 0 aliphatic carbocycles. The first-order chi connectivity index (χ1) is 9.97. The maximum absolute atomic E-state index is 11.8. The maximum atomic E-state index is 11.8. The highest BCUT2D eigenvalue weighted by Crippen LogP contribution is 2.26. The van der Waals surface area contributed by atoms with Crippen LogP contribution in [0, 0.1) is 5.92 Å². The molecule has 0 spiro atoms. The molecule has 1 aromatic carbocycles. The Bertz CT molecular complexity index is 546. The van der Waals surface area contributed by atoms with Gasteiger partial charge in [-0.05, 0) is 57.0 Å². The molecule has 0 saturated carbocycles. The summed E-state index contributed by atoms with van der Waals surface area (Å²) in [5.41, 5.74) is 1.13. The molecular formula is C16H26N2O2S. The Morgan fingerprint density at radius 2 is 1.81 bits per heavy atom. The molecule has 1 heterocycles. The Morgan fingerprint density at radius 3 is 2.29 bits per heavy atom. The summed E-state index contributed by atoms with van der Waals surface area (Å²) >= 11 is 0. The van der Waals surface area contributed by atoms with E-state index in [0.717, 1.165) is 24.7 Å². The Labute approximate surface area is 128 Å². The van der Waals surface area contributed by atoms with Gasteiger partial charge in [-0.1, -0.05) is 6.92 Å². The molecule has 1 aromatic rings. The number of sulfone groups is 1. The van der Waals surface area contributed by atoms with E-state index in [9.17, 15) is 8.42 Å². The van der Waals surface area contributed by atoms with Crippen LogP contribution in [0.5, 0.6) is 0 Å². The number of nitrogens with zero attached hydrogens (tertiary/aromatic N) is 1. The van der Waals surface area contributed by atoms with Crippen LogP contribution >= 0.6 is 0 Å². The summed E-state index contributed by atoms with van der Waals surface area (Å²) in [5.74, 6) is 0.880. The minimum Gasteiger partial charge on any atom is -0.372 e. The molecule has 1 saturated heterocycles. The zero-order valence-corrected chi connectivity index (χ0v) is 14.0. The normalized spacial score (nSPS) is 18.7. The third-order valence-corrected chi connectivity index (χ3v) is 6.39. The molecule has 0 amide bonds. The molecule has 5 heteroatoms. The fraction of sp³-hybridized carbons (Fsp3) is 0.625. The van der Waals surface area contributed by atoms with Gasteiger partial charge in [0.2, 0.25) is 0 Å². The third kappa shape index (κ3) is 3.77. The predicted molar refractivity (Wildman–Crippen MR) is 87.6 cm³/mol. The fourth-order valence-corrected chi connectivity index (χ4v) is 3.81. The summed E-state index contributed by atoms with van der Waals surface area (Å²) in [6.07, 6.45) is 2.36. The van der Waals surface area contributed by atoms with E-state index in [4.69, 9.17) is 0 Å². The summed E-state index contributed by atoms with van der Waals surface area (Å²) in [6, 6.07) is 7.89. The van der Waals surface area contributed by atoms with Crippen molar-refractivity contribution in [2.24, 2.45) is 5.92 Å². The van der Waals surface area contributed by atoms with E-state index >= 15 is 0 Å². The van der Waals surface area contributed by atoms with Gasteiger partial charge in [0.15, 0.2) is 9.84 Å². The van der Waals surface area contributed by atoms with Crippen molar-refractivity contribution in [2.45, 2.75) is 37.6 Å². The maximum Gasteiger partial charge on any atom is 0.178 e. The van der Waals surface area contributed by atoms with Crippen molar-refractivity contribution >= 4 is 15.5 Å². The molecule has 1 aliphatic heterocycles. The highest BCUT2D eigenvalue weighted by Gasteiger charge is 2.23. The molecule has 0 aromatic heterocycles. The summed E-state index contributed by atoms with van der Waals surface area (Å²) in [7, 11) is -1.08. The van der Waals surface area contributed by atoms with Gasteiger partial charge in [-0.3, -0.25) is 0 Å². The van der Waals surface area contributed by atoms with E-state index < -0.39 is 9.84 Å². The lowest BCUT2D eigenvalue weighted by Crippen LogP contribution is -2.40. The van der Waals surface area contributed by atoms with E-state index in [2.05, 4.69) is 17.1 Å². The first kappa shape index (κ1) is 16.3. The van der Waals surface area contributed by atoms with Crippen LogP contribution in [0.1, 0.15) is 26.7 Å². The van der Waals surface area contributed by atoms with Crippen LogP contribution in [0.2, 0.25) is 0 Å². The Hall–Kier alpha value is -1.07. The second-order valence-electron chi connectivity index (χ2n) is 5.80. The molecule has 0 radical (unpaired) electrons. The monoisotopic (exact) mass is 310 g/mol. The quantitative estimate of drug-likeness (QED) is 0.906. The molecule has 1 atom stereocenters. The molecular weight excluding hydrogens is 284 g/mol. The van der Waals surface area contributed by atoms with Crippen molar-refractivity contribution in [3.05, 3.63) is 24.3 Å². The van der Waals surface area contributed by atoms with Gasteiger partial charge in [0.05, 0.1) is 10.6 Å². The van der Waals surface area contributed by atoms with Gasteiger partial charge in [-0.25, -0.2) is 8.42 Å². The Balaban J connectivity index is 2.01. The molecule has 1 unspecified atom stereocenters. The van der Waals surface area contributed by atoms with Gasteiger partial charge in [0.25, 0.3) is 0 Å². The molecule has 2 rings (SSSR count). The number of piperidine rings is 1. The van der Waals surface area contributed by atoms with Gasteiger partial charge < -0.3 is 10.2 Å². The number of nitrogens with one attached hydrogen (secondary N) is 1. The smallest absolute Gasteiger partial charge is 0.178 e. The first-order valence-corrected chi connectivity index (χ1v) is 9.38. The lowest BCUT2D eigenvalue weighted by atomic mass is 9.90. The van der Waals surface area contributed by atoms with Crippen LogP contribution in [0.25, 0.3) is 0 Å². The second kappa shape index (κ2) is 6.79. The SMILES string of the molecule is CCS(=O)(=O)c1ccc(N2CCC(C(C)NC)CC2)cc1. The van der Waals surface area contributed by atoms with Crippen LogP contribution in [0.3, 0.4) is 0 Å². The van der Waals surface area contributed by atoms with Crippen molar-refractivity contribution in [3.8, 4) is 0 Å². The van der Waals surface area contributed by atoms with Gasteiger partial charge >= 0.3 is 0 Å². The summed E-state index contributed by atoms with van der Waals surface area (Å²) in [4.78, 5) is 2.77. The number of hydrogen-bond donors (Lipinski definition) is 1. The number of rotatable bonds is 5. The predicted octanol–water partition coefficient (Wildman–Crippen LogP) is 2.30. The highest BCUT2D eigenvalue weighted by atomic mass is 32.2. The lowest BCUT2D eigenvalue weighted by Gasteiger charge is -2.36. The molecule has 0 bridgehead atoms. The van der Waals surface area contributed by atoms with Crippen LogP contribution in [0.15, 0.2) is 29.2 Å². The lowest BCUT2D eigenvalue weighted by molar-refractivity contribution is 0.323. The average molecular weight is 310 g/mol. The standard InChI is InChI=1S/C16H26N2O2S/c1-4-21(19,20)16-7-5-15(6-8-16)18-11-9-14(10-12-18)13(2)17-3/h5-8,13-14,17H,4,9-12H2,1-3H3. The second-order valence-corrected chi connectivity index (χ2v) is 8.08. The van der Waals surface area contributed by atoms with E-state index in [1.165, 1.54) is 12.8 Å². The van der Waals surface area contributed by atoms with E-state index in [1.54, 1.807) is 19.1 Å². The largest absolute Gasteiger partial charge is 0.372 e. The van der Waals surface area contributed by atoms with Crippen LogP contribution in [-0.2, 0) is 9.84 Å². The Kier molecular flexibility index (Phi) is 5.27. The Morgan fingerprint density at radius 1 is 1.24 bits per heavy atom. The average Bonchev–Trinajstić information content (AvgIpc) is 2.54. The molecule has 1 fully saturated rings. The third-order valence-electron chi connectivity index (χ3n) is 4.64. The topological polar surface area (TPSA) is 49.4 Å². The van der Waals surface area contributed by atoms with Crippen LogP contribution in [0.4, 0.5) is 5.69 Å². The zero-order valence-electron chi connectivity index (χ0n) is 13.2. The summed E-state index contributed by atoms with van der Waals surface area (Å²) < 4.78 is 23.6. The minimum atomic E-state index is -3.10. The minimum absolute atomic E-state index is 0.152. The van der Waals surface area contributed by atoms with Crippen LogP contribution in [-0.4, -0.2) is 40.3 Å². The van der Waals surface area contributed by atoms with Crippen molar-refractivity contribution in [1.82, 2.24) is 5.32 Å². The van der Waals surface area contributed by atoms with Crippen molar-refractivity contribution < 1.29 is 8.42 Å². The van der Waals surface area contributed by atoms with Crippen molar-refractivity contribution in [1.29, 1.82) is 0 Å². The summed E-state index contributed by atoms with van der Waals surface area (Å²) in [6.45, 7) is 5.99. The van der Waals surface area contributed by atoms with Crippen molar-refractivity contribution in [3.63, 3.8) is 0 Å². The zero-order chi connectivity index (χ0) is 15.5. The van der Waals surface area contributed by atoms with E-state index in [0.29, 0.717) is 10.9 Å². The van der Waals surface area contributed by atoms with E-state index in [-0.39, 0.29) is 5.75 Å². The van der Waals surface area contributed by atoms with Gasteiger partial charge in [0, 0.05) is 24.8 Å². The van der Waals surface area contributed by atoms with E-state index in [1.807, 2.05) is 19.2 Å².